The summed E-state index contributed by atoms with van der Waals surface area (Å²) in [5.74, 6) is -0.676. The first-order chi connectivity index (χ1) is 14.2. The molecular weight excluding hydrogens is 406 g/mol. The van der Waals surface area contributed by atoms with Gasteiger partial charge in [0.2, 0.25) is 10.0 Å². The Kier molecular flexibility index (Phi) is 8.00. The van der Waals surface area contributed by atoms with Crippen molar-refractivity contribution < 1.29 is 27.8 Å². The summed E-state index contributed by atoms with van der Waals surface area (Å²) in [5.41, 5.74) is 0.248. The number of hydrogen-bond acceptors (Lipinski definition) is 5. The van der Waals surface area contributed by atoms with E-state index in [9.17, 15) is 18.3 Å². The van der Waals surface area contributed by atoms with E-state index in [-0.39, 0.29) is 18.0 Å². The second-order valence-electron chi connectivity index (χ2n) is 7.04. The second kappa shape index (κ2) is 10.1. The fourth-order valence-corrected chi connectivity index (χ4v) is 4.70. The highest BCUT2D eigenvalue weighted by Crippen LogP contribution is 2.42. The van der Waals surface area contributed by atoms with Gasteiger partial charge in [0.05, 0.1) is 24.0 Å². The average Bonchev–Trinajstić information content (AvgIpc) is 2.75. The van der Waals surface area contributed by atoms with Gasteiger partial charge in [0.15, 0.2) is 0 Å². The summed E-state index contributed by atoms with van der Waals surface area (Å²) in [5, 5.41) is 10.2. The Morgan fingerprint density at radius 2 is 1.70 bits per heavy atom. The third-order valence-corrected chi connectivity index (χ3v) is 7.05. The highest BCUT2D eigenvalue weighted by atomic mass is 32.2. The van der Waals surface area contributed by atoms with E-state index in [1.165, 1.54) is 19.2 Å². The zero-order valence-electron chi connectivity index (χ0n) is 17.7. The number of rotatable bonds is 11. The van der Waals surface area contributed by atoms with Gasteiger partial charge in [-0.05, 0) is 41.8 Å². The van der Waals surface area contributed by atoms with Gasteiger partial charge in [-0.15, -0.1) is 0 Å². The number of carbonyl (C=O) groups is 1. The van der Waals surface area contributed by atoms with Crippen LogP contribution in [0.15, 0.2) is 53.4 Å². The molecule has 2 unspecified atom stereocenters. The van der Waals surface area contributed by atoms with Crippen molar-refractivity contribution in [2.45, 2.75) is 36.5 Å². The van der Waals surface area contributed by atoms with E-state index in [0.717, 1.165) is 5.56 Å². The number of methoxy groups -OCH3 is 2. The van der Waals surface area contributed by atoms with E-state index in [1.54, 1.807) is 43.5 Å². The van der Waals surface area contributed by atoms with E-state index in [0.29, 0.717) is 17.7 Å². The van der Waals surface area contributed by atoms with E-state index in [1.807, 2.05) is 13.8 Å². The van der Waals surface area contributed by atoms with Gasteiger partial charge in [-0.1, -0.05) is 38.1 Å². The molecule has 0 aromatic heterocycles. The molecule has 0 amide bonds. The summed E-state index contributed by atoms with van der Waals surface area (Å²) in [6.45, 7) is 4.13. The number of benzene rings is 2. The van der Waals surface area contributed by atoms with Crippen LogP contribution in [0, 0.1) is 0 Å². The normalized spacial score (nSPS) is 14.7. The fourth-order valence-electron chi connectivity index (χ4n) is 3.69. The highest BCUT2D eigenvalue weighted by Gasteiger charge is 2.44. The predicted molar refractivity (Wildman–Crippen MR) is 115 cm³/mol. The number of ether oxygens (including phenoxy) is 2. The minimum Gasteiger partial charge on any atom is -0.497 e. The van der Waals surface area contributed by atoms with Crippen molar-refractivity contribution in [2.24, 2.45) is 0 Å². The average molecular weight is 436 g/mol. The number of carboxylic acids is 1. The van der Waals surface area contributed by atoms with Crippen LogP contribution >= 0.6 is 0 Å². The molecule has 0 saturated heterocycles. The molecule has 30 heavy (non-hydrogen) atoms. The Morgan fingerprint density at radius 1 is 1.10 bits per heavy atom. The maximum atomic E-state index is 12.4. The number of nitrogens with one attached hydrogen (secondary N) is 1. The summed E-state index contributed by atoms with van der Waals surface area (Å²) < 4.78 is 37.2. The third kappa shape index (κ3) is 4.83. The molecule has 2 atom stereocenters. The van der Waals surface area contributed by atoms with Crippen LogP contribution in [0.1, 0.15) is 37.3 Å². The number of carboxylic acid groups (broad SMARTS) is 1. The molecule has 0 fully saturated rings. The smallest absolute Gasteiger partial charge is 0.314 e. The lowest BCUT2D eigenvalue weighted by molar-refractivity contribution is -0.145. The van der Waals surface area contributed by atoms with Crippen LogP contribution in [0.4, 0.5) is 0 Å². The van der Waals surface area contributed by atoms with Gasteiger partial charge in [0, 0.05) is 19.6 Å². The monoisotopic (exact) mass is 435 g/mol. The molecule has 0 aliphatic carbocycles. The number of sulfonamides is 1. The summed E-state index contributed by atoms with van der Waals surface area (Å²) >= 11 is 0. The first-order valence-electron chi connectivity index (χ1n) is 9.69. The Morgan fingerprint density at radius 3 is 2.17 bits per heavy atom. The van der Waals surface area contributed by atoms with Gasteiger partial charge in [-0.3, -0.25) is 4.79 Å². The Hall–Kier alpha value is -2.42. The van der Waals surface area contributed by atoms with Crippen molar-refractivity contribution in [1.29, 1.82) is 0 Å². The van der Waals surface area contributed by atoms with Crippen LogP contribution in [0.2, 0.25) is 0 Å². The van der Waals surface area contributed by atoms with Crippen LogP contribution in [0.5, 0.6) is 5.75 Å². The molecular formula is C22H29NO6S. The molecule has 2 aromatic carbocycles. The molecule has 0 aliphatic heterocycles. The molecule has 0 heterocycles. The summed E-state index contributed by atoms with van der Waals surface area (Å²) in [6, 6.07) is 13.4. The predicted octanol–water partition coefficient (Wildman–Crippen LogP) is 3.16. The topological polar surface area (TPSA) is 102 Å². The van der Waals surface area contributed by atoms with Gasteiger partial charge in [-0.2, -0.15) is 0 Å². The minimum atomic E-state index is -3.65. The van der Waals surface area contributed by atoms with E-state index >= 15 is 0 Å². The molecule has 7 nitrogen and oxygen atoms in total. The van der Waals surface area contributed by atoms with Crippen LogP contribution in [0.3, 0.4) is 0 Å². The van der Waals surface area contributed by atoms with E-state index in [2.05, 4.69) is 4.72 Å². The van der Waals surface area contributed by atoms with Crippen molar-refractivity contribution in [2.75, 3.05) is 27.4 Å². The maximum Gasteiger partial charge on any atom is 0.314 e. The fraction of sp³-hybridized carbons (Fsp3) is 0.409. The largest absolute Gasteiger partial charge is 0.497 e. The van der Waals surface area contributed by atoms with Gasteiger partial charge in [0.1, 0.15) is 5.75 Å². The van der Waals surface area contributed by atoms with Crippen molar-refractivity contribution in [1.82, 2.24) is 4.72 Å². The van der Waals surface area contributed by atoms with E-state index in [4.69, 9.17) is 9.47 Å². The molecule has 0 aliphatic rings. The molecule has 0 radical (unpaired) electrons. The maximum absolute atomic E-state index is 12.4. The number of hydrogen-bond donors (Lipinski definition) is 2. The summed E-state index contributed by atoms with van der Waals surface area (Å²) in [7, 11) is -0.599. The van der Waals surface area contributed by atoms with Crippen molar-refractivity contribution in [3.05, 3.63) is 59.7 Å². The molecule has 2 aromatic rings. The quantitative estimate of drug-likeness (QED) is 0.526. The Balaban J connectivity index is 2.39. The molecule has 164 valence electrons. The minimum absolute atomic E-state index is 0.122. The van der Waals surface area contributed by atoms with Crippen LogP contribution in [-0.4, -0.2) is 46.9 Å². The second-order valence-corrected chi connectivity index (χ2v) is 8.81. The van der Waals surface area contributed by atoms with Gasteiger partial charge in [0.25, 0.3) is 0 Å². The van der Waals surface area contributed by atoms with Crippen LogP contribution in [-0.2, 0) is 25.0 Å². The lowest BCUT2D eigenvalue weighted by Gasteiger charge is -2.35. The summed E-state index contributed by atoms with van der Waals surface area (Å²) in [6.07, 6.45) is 0.369. The molecule has 8 heteroatoms. The first-order valence-corrected chi connectivity index (χ1v) is 11.2. The van der Waals surface area contributed by atoms with Gasteiger partial charge >= 0.3 is 5.97 Å². The lowest BCUT2D eigenvalue weighted by Crippen LogP contribution is -2.40. The SMILES string of the molecule is CCC(C(=O)O)(c1ccc(OC)cc1)C(C)c1ccc(S(=O)(=O)NCCOC)cc1. The van der Waals surface area contributed by atoms with Gasteiger partial charge < -0.3 is 14.6 Å². The Bertz CT molecular complexity index is 941. The summed E-state index contributed by atoms with van der Waals surface area (Å²) in [4.78, 5) is 12.6. The molecule has 2 rings (SSSR count). The third-order valence-electron chi connectivity index (χ3n) is 5.57. The standard InChI is InChI=1S/C22H29NO6S/c1-5-22(21(24)25,18-8-10-19(29-4)11-9-18)16(2)17-6-12-20(13-7-17)30(26,27)23-14-15-28-3/h6-13,16,23H,5,14-15H2,1-4H3,(H,24,25). The van der Waals surface area contributed by atoms with Crippen molar-refractivity contribution >= 4 is 16.0 Å². The van der Waals surface area contributed by atoms with E-state index < -0.39 is 27.3 Å². The number of aliphatic carboxylic acids is 1. The molecule has 2 N–H and O–H groups in total. The van der Waals surface area contributed by atoms with Crippen LogP contribution in [0.25, 0.3) is 0 Å². The lowest BCUT2D eigenvalue weighted by atomic mass is 9.66. The van der Waals surface area contributed by atoms with Crippen molar-refractivity contribution in [3.8, 4) is 5.75 Å². The zero-order chi connectivity index (χ0) is 22.4. The molecule has 0 saturated carbocycles. The molecule has 0 bridgehead atoms. The van der Waals surface area contributed by atoms with Crippen molar-refractivity contribution in [3.63, 3.8) is 0 Å². The highest BCUT2D eigenvalue weighted by molar-refractivity contribution is 7.89. The van der Waals surface area contributed by atoms with Crippen LogP contribution < -0.4 is 9.46 Å². The first kappa shape index (κ1) is 23.9. The zero-order valence-corrected chi connectivity index (χ0v) is 18.5. The van der Waals surface area contributed by atoms with Gasteiger partial charge in [-0.25, -0.2) is 13.1 Å². The molecule has 0 spiro atoms. The Labute approximate surface area is 178 Å².